The average molecular weight is 388 g/mol. The molecule has 1 aliphatic heterocycles. The van der Waals surface area contributed by atoms with Gasteiger partial charge in [-0.05, 0) is 29.0 Å². The van der Waals surface area contributed by atoms with E-state index in [1.165, 1.54) is 0 Å². The maximum atomic E-state index is 12.7. The number of aromatic nitrogens is 4. The first-order valence-electron chi connectivity index (χ1n) is 7.89. The summed E-state index contributed by atoms with van der Waals surface area (Å²) in [5, 5.41) is 18.2. The molecule has 0 spiro atoms. The Hall–Kier alpha value is -1.90. The molecule has 1 aliphatic rings. The number of tetrazole rings is 1. The molecule has 1 atom stereocenters. The number of carbonyl (C=O) groups excluding carboxylic acids is 1. The van der Waals surface area contributed by atoms with Crippen molar-refractivity contribution in [2.45, 2.75) is 19.4 Å². The van der Waals surface area contributed by atoms with Gasteiger partial charge in [-0.2, -0.15) is 4.68 Å². The van der Waals surface area contributed by atoms with E-state index in [1.54, 1.807) is 4.68 Å². The van der Waals surface area contributed by atoms with Gasteiger partial charge in [0.1, 0.15) is 6.04 Å². The van der Waals surface area contributed by atoms with Crippen molar-refractivity contribution in [2.24, 2.45) is 0 Å². The first-order valence-corrected chi connectivity index (χ1v) is 7.89. The van der Waals surface area contributed by atoms with Crippen LogP contribution in [0.15, 0.2) is 30.3 Å². The van der Waals surface area contributed by atoms with Crippen LogP contribution in [-0.2, 0) is 4.79 Å². The van der Waals surface area contributed by atoms with Crippen LogP contribution in [0.3, 0.4) is 0 Å². The highest BCUT2D eigenvalue weighted by atomic mass is 35.5. The highest BCUT2D eigenvalue weighted by Crippen LogP contribution is 2.13. The number of piperazine rings is 1. The molecule has 0 radical (unpaired) electrons. The zero-order chi connectivity index (χ0) is 16.1. The van der Waals surface area contributed by atoms with Crippen molar-refractivity contribution in [3.8, 4) is 5.69 Å². The van der Waals surface area contributed by atoms with E-state index in [0.717, 1.165) is 31.9 Å². The Kier molecular flexibility index (Phi) is 8.60. The van der Waals surface area contributed by atoms with Crippen molar-refractivity contribution >= 4 is 36.7 Å². The van der Waals surface area contributed by atoms with Crippen LogP contribution < -0.4 is 10.6 Å². The Bertz CT molecular complexity index is 646. The first-order chi connectivity index (χ1) is 11.3. The van der Waals surface area contributed by atoms with Gasteiger partial charge in [0.15, 0.2) is 0 Å². The Morgan fingerprint density at radius 3 is 2.56 bits per heavy atom. The molecule has 8 nitrogen and oxygen atoms in total. The van der Waals surface area contributed by atoms with Crippen LogP contribution in [0.2, 0.25) is 0 Å². The molecule has 3 rings (SSSR count). The summed E-state index contributed by atoms with van der Waals surface area (Å²) in [5.41, 5.74) is 0.851. The second kappa shape index (κ2) is 10.2. The van der Waals surface area contributed by atoms with Crippen LogP contribution in [0.1, 0.15) is 13.3 Å². The Balaban J connectivity index is 0.00000156. The van der Waals surface area contributed by atoms with Crippen molar-refractivity contribution in [3.63, 3.8) is 0 Å². The molecule has 25 heavy (non-hydrogen) atoms. The number of nitrogens with one attached hydrogen (secondary N) is 2. The van der Waals surface area contributed by atoms with Gasteiger partial charge in [0.2, 0.25) is 11.9 Å². The minimum atomic E-state index is -0.332. The summed E-state index contributed by atoms with van der Waals surface area (Å²) < 4.78 is 1.60. The molecule has 1 aromatic heterocycles. The van der Waals surface area contributed by atoms with Crippen LogP contribution in [0.4, 0.5) is 5.95 Å². The predicted octanol–water partition coefficient (Wildman–Crippen LogP) is 1.13. The number of carbonyl (C=O) groups is 1. The largest absolute Gasteiger partial charge is 0.341 e. The monoisotopic (exact) mass is 387 g/mol. The van der Waals surface area contributed by atoms with Crippen LogP contribution in [0.25, 0.3) is 5.69 Å². The second-order valence-corrected chi connectivity index (χ2v) is 5.43. The standard InChI is InChI=1S/C15H21N7O.2ClH/c1-2-13(14(23)21-10-8-16-9-11-21)17-15-18-19-20-22(15)12-6-4-3-5-7-12;;/h3-7,13,16H,2,8-11H2,1H3,(H,17,18,20);2*1H. The fraction of sp³-hybridized carbons (Fsp3) is 0.467. The number of rotatable bonds is 5. The van der Waals surface area contributed by atoms with Crippen molar-refractivity contribution in [1.29, 1.82) is 0 Å². The summed E-state index contributed by atoms with van der Waals surface area (Å²) >= 11 is 0. The van der Waals surface area contributed by atoms with Gasteiger partial charge in [-0.1, -0.05) is 30.2 Å². The van der Waals surface area contributed by atoms with Gasteiger partial charge in [-0.15, -0.1) is 24.8 Å². The third-order valence-corrected chi connectivity index (χ3v) is 3.91. The second-order valence-electron chi connectivity index (χ2n) is 5.43. The van der Waals surface area contributed by atoms with Gasteiger partial charge in [0.05, 0.1) is 5.69 Å². The SMILES string of the molecule is CCC(Nc1nnnn1-c1ccccc1)C(=O)N1CCNCC1.Cl.Cl. The van der Waals surface area contributed by atoms with E-state index in [4.69, 9.17) is 0 Å². The summed E-state index contributed by atoms with van der Waals surface area (Å²) in [4.78, 5) is 14.5. The molecular formula is C15H23Cl2N7O. The predicted molar refractivity (Wildman–Crippen MR) is 101 cm³/mol. The Morgan fingerprint density at radius 2 is 1.92 bits per heavy atom. The summed E-state index contributed by atoms with van der Waals surface area (Å²) in [5.74, 6) is 0.572. The fourth-order valence-corrected chi connectivity index (χ4v) is 2.62. The molecule has 10 heteroatoms. The smallest absolute Gasteiger partial charge is 0.248 e. The van der Waals surface area contributed by atoms with Crippen molar-refractivity contribution < 1.29 is 4.79 Å². The van der Waals surface area contributed by atoms with E-state index >= 15 is 0 Å². The summed E-state index contributed by atoms with van der Waals surface area (Å²) in [7, 11) is 0. The molecule has 1 aromatic carbocycles. The van der Waals surface area contributed by atoms with Gasteiger partial charge in [-0.25, -0.2) is 0 Å². The minimum Gasteiger partial charge on any atom is -0.341 e. The molecule has 2 heterocycles. The molecule has 0 saturated carbocycles. The van der Waals surface area contributed by atoms with E-state index in [2.05, 4.69) is 26.2 Å². The number of halogens is 2. The molecule has 1 fully saturated rings. The lowest BCUT2D eigenvalue weighted by Crippen LogP contribution is -2.51. The minimum absolute atomic E-state index is 0. The highest BCUT2D eigenvalue weighted by molar-refractivity contribution is 5.85. The highest BCUT2D eigenvalue weighted by Gasteiger charge is 2.25. The van der Waals surface area contributed by atoms with Crippen LogP contribution >= 0.6 is 24.8 Å². The lowest BCUT2D eigenvalue weighted by atomic mass is 10.2. The Morgan fingerprint density at radius 1 is 1.24 bits per heavy atom. The van der Waals surface area contributed by atoms with Gasteiger partial charge >= 0.3 is 0 Å². The summed E-state index contributed by atoms with van der Waals surface area (Å²) in [6.07, 6.45) is 0.671. The topological polar surface area (TPSA) is 88.0 Å². The van der Waals surface area contributed by atoms with E-state index in [0.29, 0.717) is 12.4 Å². The number of nitrogens with zero attached hydrogens (tertiary/aromatic N) is 5. The zero-order valence-corrected chi connectivity index (χ0v) is 15.6. The van der Waals surface area contributed by atoms with E-state index in [1.807, 2.05) is 42.2 Å². The van der Waals surface area contributed by atoms with Crippen molar-refractivity contribution in [3.05, 3.63) is 30.3 Å². The molecule has 1 saturated heterocycles. The molecule has 1 unspecified atom stereocenters. The molecular weight excluding hydrogens is 365 g/mol. The van der Waals surface area contributed by atoms with E-state index in [9.17, 15) is 4.79 Å². The van der Waals surface area contributed by atoms with Gasteiger partial charge in [0.25, 0.3) is 0 Å². The number of anilines is 1. The van der Waals surface area contributed by atoms with Gasteiger partial charge in [0, 0.05) is 26.2 Å². The van der Waals surface area contributed by atoms with Crippen LogP contribution in [-0.4, -0.2) is 63.2 Å². The molecule has 2 aromatic rings. The molecule has 2 N–H and O–H groups in total. The van der Waals surface area contributed by atoms with Gasteiger partial charge < -0.3 is 15.5 Å². The Labute approximate surface area is 159 Å². The summed E-state index contributed by atoms with van der Waals surface area (Å²) in [6.45, 7) is 5.13. The molecule has 0 bridgehead atoms. The third-order valence-electron chi connectivity index (χ3n) is 3.91. The lowest BCUT2D eigenvalue weighted by Gasteiger charge is -2.30. The first kappa shape index (κ1) is 21.1. The lowest BCUT2D eigenvalue weighted by molar-refractivity contribution is -0.132. The number of para-hydroxylation sites is 1. The van der Waals surface area contributed by atoms with Crippen LogP contribution in [0, 0.1) is 0 Å². The number of amides is 1. The number of hydrogen-bond donors (Lipinski definition) is 2. The van der Waals surface area contributed by atoms with Crippen molar-refractivity contribution in [1.82, 2.24) is 30.4 Å². The quantitative estimate of drug-likeness (QED) is 0.799. The van der Waals surface area contributed by atoms with Gasteiger partial charge in [-0.3, -0.25) is 4.79 Å². The van der Waals surface area contributed by atoms with Crippen LogP contribution in [0.5, 0.6) is 0 Å². The molecule has 138 valence electrons. The average Bonchev–Trinajstić information content (AvgIpc) is 3.09. The summed E-state index contributed by atoms with van der Waals surface area (Å²) in [6, 6.07) is 9.28. The zero-order valence-electron chi connectivity index (χ0n) is 14.0. The normalized spacial score (nSPS) is 14.8. The number of hydrogen-bond acceptors (Lipinski definition) is 6. The number of benzene rings is 1. The van der Waals surface area contributed by atoms with E-state index in [-0.39, 0.29) is 36.8 Å². The molecule has 0 aliphatic carbocycles. The molecule has 1 amide bonds. The third kappa shape index (κ3) is 5.04. The maximum absolute atomic E-state index is 12.7. The maximum Gasteiger partial charge on any atom is 0.248 e. The van der Waals surface area contributed by atoms with Crippen molar-refractivity contribution in [2.75, 3.05) is 31.5 Å². The van der Waals surface area contributed by atoms with E-state index < -0.39 is 0 Å². The fourth-order valence-electron chi connectivity index (χ4n) is 2.62.